The van der Waals surface area contributed by atoms with Gasteiger partial charge >= 0.3 is 0 Å². The Morgan fingerprint density at radius 1 is 0.400 bits per heavy atom. The second-order valence-electron chi connectivity index (χ2n) is 14.3. The SMILES string of the molecule is c1ccc(-c2cccc(-c3cc4sc5ccccc5c4c4sc(-c5ccc(-n6c7cc8ccccc8cc7c7c8ccccc8ccc76)cc5)nc34)c2)cc1. The second-order valence-corrected chi connectivity index (χ2v) is 16.4. The largest absolute Gasteiger partial charge is 0.309 e. The topological polar surface area (TPSA) is 17.8 Å². The lowest BCUT2D eigenvalue weighted by atomic mass is 9.97. The van der Waals surface area contributed by atoms with Crippen LogP contribution in [0, 0.1) is 0 Å². The lowest BCUT2D eigenvalue weighted by Gasteiger charge is -2.09. The minimum absolute atomic E-state index is 1.03. The van der Waals surface area contributed by atoms with Gasteiger partial charge in [-0.15, -0.1) is 22.7 Å². The highest BCUT2D eigenvalue weighted by Gasteiger charge is 2.20. The van der Waals surface area contributed by atoms with E-state index in [-0.39, 0.29) is 0 Å². The number of thiophene rings is 1. The number of fused-ring (bicyclic) bond motifs is 11. The summed E-state index contributed by atoms with van der Waals surface area (Å²) in [7, 11) is 0. The van der Waals surface area contributed by atoms with Crippen LogP contribution in [0.4, 0.5) is 0 Å². The summed E-state index contributed by atoms with van der Waals surface area (Å²) in [5.41, 5.74) is 10.5. The van der Waals surface area contributed by atoms with Gasteiger partial charge in [0.2, 0.25) is 0 Å². The van der Waals surface area contributed by atoms with Gasteiger partial charge in [0.05, 0.1) is 21.3 Å². The van der Waals surface area contributed by atoms with Gasteiger partial charge in [0, 0.05) is 47.8 Å². The summed E-state index contributed by atoms with van der Waals surface area (Å²) >= 11 is 3.68. The second kappa shape index (κ2) is 12.0. The first-order valence-electron chi connectivity index (χ1n) is 18.6. The fraction of sp³-hybridized carbons (Fsp3) is 0. The molecule has 0 N–H and O–H groups in total. The number of benzene rings is 9. The Kier molecular flexibility index (Phi) is 6.70. The highest BCUT2D eigenvalue weighted by atomic mass is 32.1. The molecule has 9 aromatic carbocycles. The Hall–Kier alpha value is -6.59. The summed E-state index contributed by atoms with van der Waals surface area (Å²) in [6.45, 7) is 0. The van der Waals surface area contributed by atoms with E-state index in [9.17, 15) is 0 Å². The average molecular weight is 735 g/mol. The van der Waals surface area contributed by atoms with Crippen molar-refractivity contribution in [1.29, 1.82) is 0 Å². The van der Waals surface area contributed by atoms with Crippen LogP contribution in [0.3, 0.4) is 0 Å². The first-order valence-corrected chi connectivity index (χ1v) is 20.2. The summed E-state index contributed by atoms with van der Waals surface area (Å²) in [4.78, 5) is 5.48. The maximum atomic E-state index is 5.48. The maximum Gasteiger partial charge on any atom is 0.124 e. The van der Waals surface area contributed by atoms with Crippen LogP contribution >= 0.6 is 22.7 Å². The maximum absolute atomic E-state index is 5.48. The third-order valence-corrected chi connectivity index (χ3v) is 13.4. The predicted octanol–water partition coefficient (Wildman–Crippen LogP) is 15.1. The molecule has 3 heterocycles. The van der Waals surface area contributed by atoms with E-state index in [0.717, 1.165) is 21.8 Å². The molecule has 0 bridgehead atoms. The van der Waals surface area contributed by atoms with Gasteiger partial charge in [-0.1, -0.05) is 121 Å². The molecule has 2 nitrogen and oxygen atoms in total. The summed E-state index contributed by atoms with van der Waals surface area (Å²) in [6, 6.07) is 66.4. The molecule has 0 unspecified atom stereocenters. The van der Waals surface area contributed by atoms with E-state index < -0.39 is 0 Å². The van der Waals surface area contributed by atoms with Crippen molar-refractivity contribution in [3.63, 3.8) is 0 Å². The number of hydrogen-bond acceptors (Lipinski definition) is 3. The molecular formula is C51H30N2S2. The van der Waals surface area contributed by atoms with Crippen LogP contribution in [0.2, 0.25) is 0 Å². The van der Waals surface area contributed by atoms with Crippen molar-refractivity contribution in [3.05, 3.63) is 182 Å². The van der Waals surface area contributed by atoms with Crippen LogP contribution in [0.15, 0.2) is 182 Å². The van der Waals surface area contributed by atoms with E-state index in [1.165, 1.54) is 90.5 Å². The first-order chi connectivity index (χ1) is 27.2. The molecule has 0 fully saturated rings. The molecule has 0 saturated heterocycles. The molecule has 0 aliphatic heterocycles. The smallest absolute Gasteiger partial charge is 0.124 e. The zero-order valence-corrected chi connectivity index (χ0v) is 31.2. The van der Waals surface area contributed by atoms with Crippen LogP contribution in [0.5, 0.6) is 0 Å². The van der Waals surface area contributed by atoms with E-state index >= 15 is 0 Å². The lowest BCUT2D eigenvalue weighted by Crippen LogP contribution is -1.94. The Balaban J connectivity index is 1.05. The molecule has 0 amide bonds. The van der Waals surface area contributed by atoms with Gasteiger partial charge in [-0.25, -0.2) is 4.98 Å². The molecule has 0 aliphatic carbocycles. The van der Waals surface area contributed by atoms with Crippen LogP contribution in [-0.2, 0) is 0 Å². The van der Waals surface area contributed by atoms with Crippen molar-refractivity contribution in [2.75, 3.05) is 0 Å². The fourth-order valence-electron chi connectivity index (χ4n) is 8.62. The van der Waals surface area contributed by atoms with Gasteiger partial charge in [0.15, 0.2) is 0 Å². The number of rotatable bonds is 4. The van der Waals surface area contributed by atoms with Gasteiger partial charge in [0.25, 0.3) is 0 Å². The molecule has 12 rings (SSSR count). The zero-order valence-electron chi connectivity index (χ0n) is 29.5. The standard InChI is InChI=1S/C51H30N2S2/c1-2-11-31(12-3-1)34-16-10-17-37(27-34)41-30-46-48(40-19-8-9-20-45(40)54-46)50-49(41)52-51(55-50)33-21-24-38(25-22-33)53-43-26-23-32-13-6-7-18-39(32)47(43)42-28-35-14-4-5-15-36(35)29-44(42)53/h1-30H. The minimum atomic E-state index is 1.03. The lowest BCUT2D eigenvalue weighted by molar-refractivity contribution is 1.18. The van der Waals surface area contributed by atoms with Crippen molar-refractivity contribution in [2.45, 2.75) is 0 Å². The molecule has 0 radical (unpaired) electrons. The van der Waals surface area contributed by atoms with Gasteiger partial charge in [-0.05, 0) is 98.9 Å². The molecule has 0 saturated carbocycles. The number of aromatic nitrogens is 2. The summed E-state index contributed by atoms with van der Waals surface area (Å²) in [5.74, 6) is 0. The molecule has 256 valence electrons. The van der Waals surface area contributed by atoms with Crippen LogP contribution in [-0.4, -0.2) is 9.55 Å². The molecule has 55 heavy (non-hydrogen) atoms. The first kappa shape index (κ1) is 30.8. The van der Waals surface area contributed by atoms with E-state index in [4.69, 9.17) is 4.98 Å². The molecule has 3 aromatic heterocycles. The Morgan fingerprint density at radius 2 is 1.11 bits per heavy atom. The van der Waals surface area contributed by atoms with Crippen molar-refractivity contribution >= 4 is 96.4 Å². The quantitative estimate of drug-likeness (QED) is 0.176. The number of nitrogens with zero attached hydrogens (tertiary/aromatic N) is 2. The summed E-state index contributed by atoms with van der Waals surface area (Å²) in [5, 5.41) is 11.2. The van der Waals surface area contributed by atoms with Gasteiger partial charge < -0.3 is 4.57 Å². The van der Waals surface area contributed by atoms with Crippen molar-refractivity contribution < 1.29 is 0 Å². The average Bonchev–Trinajstić information content (AvgIpc) is 3.95. The van der Waals surface area contributed by atoms with Crippen LogP contribution < -0.4 is 0 Å². The van der Waals surface area contributed by atoms with Crippen molar-refractivity contribution in [3.8, 4) is 38.5 Å². The molecule has 4 heteroatoms. The Bertz CT molecular complexity index is 3480. The van der Waals surface area contributed by atoms with Gasteiger partial charge in [-0.2, -0.15) is 0 Å². The van der Waals surface area contributed by atoms with Crippen molar-refractivity contribution in [2.24, 2.45) is 0 Å². The van der Waals surface area contributed by atoms with E-state index in [2.05, 4.69) is 187 Å². The molecule has 0 aliphatic rings. The van der Waals surface area contributed by atoms with E-state index in [1.807, 2.05) is 22.7 Å². The third kappa shape index (κ3) is 4.75. The molecule has 0 spiro atoms. The highest BCUT2D eigenvalue weighted by Crippen LogP contribution is 2.47. The fourth-order valence-corrected chi connectivity index (χ4v) is 11.0. The molecule has 0 atom stereocenters. The Labute approximate surface area is 324 Å². The van der Waals surface area contributed by atoms with E-state index in [0.29, 0.717) is 0 Å². The van der Waals surface area contributed by atoms with Crippen LogP contribution in [0.1, 0.15) is 0 Å². The van der Waals surface area contributed by atoms with Gasteiger partial charge in [0.1, 0.15) is 5.01 Å². The molecule has 12 aromatic rings. The minimum Gasteiger partial charge on any atom is -0.309 e. The third-order valence-electron chi connectivity index (χ3n) is 11.2. The summed E-state index contributed by atoms with van der Waals surface area (Å²) < 4.78 is 6.28. The van der Waals surface area contributed by atoms with Crippen LogP contribution in [0.25, 0.3) is 112 Å². The molecular weight excluding hydrogens is 705 g/mol. The van der Waals surface area contributed by atoms with Gasteiger partial charge in [-0.3, -0.25) is 0 Å². The zero-order chi connectivity index (χ0) is 36.0. The number of thiazole rings is 1. The summed E-state index contributed by atoms with van der Waals surface area (Å²) in [6.07, 6.45) is 0. The number of hydrogen-bond donors (Lipinski definition) is 0. The predicted molar refractivity (Wildman–Crippen MR) is 238 cm³/mol. The monoisotopic (exact) mass is 734 g/mol. The normalized spacial score (nSPS) is 12.0. The Morgan fingerprint density at radius 3 is 1.96 bits per heavy atom. The van der Waals surface area contributed by atoms with Crippen molar-refractivity contribution in [1.82, 2.24) is 9.55 Å². The van der Waals surface area contributed by atoms with E-state index in [1.54, 1.807) is 0 Å². The highest BCUT2D eigenvalue weighted by molar-refractivity contribution is 7.28.